The van der Waals surface area contributed by atoms with Crippen LogP contribution in [0.15, 0.2) is 60.7 Å². The van der Waals surface area contributed by atoms with E-state index in [1.165, 1.54) is 24.3 Å². The highest BCUT2D eigenvalue weighted by Crippen LogP contribution is 2.37. The van der Waals surface area contributed by atoms with E-state index >= 15 is 0 Å². The predicted molar refractivity (Wildman–Crippen MR) is 110 cm³/mol. The van der Waals surface area contributed by atoms with Crippen molar-refractivity contribution in [2.45, 2.75) is 64.7 Å². The number of rotatable bonds is 11. The van der Waals surface area contributed by atoms with Gasteiger partial charge in [-0.05, 0) is 41.5 Å². The smallest absolute Gasteiger partial charge is 0.246 e. The highest BCUT2D eigenvalue weighted by atomic mass is 17.4. The van der Waals surface area contributed by atoms with Crippen LogP contribution in [0.2, 0.25) is 0 Å². The molecule has 178 valence electrons. The van der Waals surface area contributed by atoms with Crippen molar-refractivity contribution in [2.75, 3.05) is 0 Å². The molecule has 32 heavy (non-hydrogen) atoms. The molecule has 2 rings (SSSR count). The molecule has 0 aromatic heterocycles. The summed E-state index contributed by atoms with van der Waals surface area (Å²) in [6, 6.07) is 16.1. The first-order valence-electron chi connectivity index (χ1n) is 9.82. The van der Waals surface area contributed by atoms with E-state index in [-0.39, 0.29) is 11.1 Å². The standard InChI is InChI=1S/C22H30O10/c1-19(2,3)27-29-21(25-23,17-13-9-7-10-14-17)31-32-22(26-24,30-28-20(4,5)6)18-15-11-8-12-16-18/h7-16,23-24H,1-6H3. The maximum atomic E-state index is 9.74. The summed E-state index contributed by atoms with van der Waals surface area (Å²) in [5.41, 5.74) is -1.36. The lowest BCUT2D eigenvalue weighted by molar-refractivity contribution is -0.715. The Labute approximate surface area is 186 Å². The van der Waals surface area contributed by atoms with E-state index in [9.17, 15) is 10.5 Å². The Hall–Kier alpha value is -1.96. The second kappa shape index (κ2) is 10.8. The summed E-state index contributed by atoms with van der Waals surface area (Å²) in [5.74, 6) is -4.92. The molecule has 0 saturated carbocycles. The van der Waals surface area contributed by atoms with Gasteiger partial charge in [-0.25, -0.2) is 20.3 Å². The van der Waals surface area contributed by atoms with Crippen molar-refractivity contribution in [3.8, 4) is 0 Å². The Morgan fingerprint density at radius 2 is 0.750 bits per heavy atom. The lowest BCUT2D eigenvalue weighted by Gasteiger charge is -2.35. The van der Waals surface area contributed by atoms with Crippen molar-refractivity contribution in [1.82, 2.24) is 0 Å². The summed E-state index contributed by atoms with van der Waals surface area (Å²) in [7, 11) is 0. The summed E-state index contributed by atoms with van der Waals surface area (Å²) >= 11 is 0. The van der Waals surface area contributed by atoms with Crippen LogP contribution in [0.4, 0.5) is 0 Å². The van der Waals surface area contributed by atoms with E-state index in [1.807, 2.05) is 0 Å². The lowest BCUT2D eigenvalue weighted by atomic mass is 10.2. The van der Waals surface area contributed by atoms with Gasteiger partial charge in [-0.1, -0.05) is 60.7 Å². The third-order valence-electron chi connectivity index (χ3n) is 3.56. The van der Waals surface area contributed by atoms with E-state index in [4.69, 9.17) is 29.3 Å². The third kappa shape index (κ3) is 7.29. The van der Waals surface area contributed by atoms with Crippen molar-refractivity contribution >= 4 is 0 Å². The van der Waals surface area contributed by atoms with Crippen LogP contribution in [0.25, 0.3) is 0 Å². The molecular weight excluding hydrogens is 424 g/mol. The van der Waals surface area contributed by atoms with E-state index in [1.54, 1.807) is 77.9 Å². The topological polar surface area (TPSA) is 114 Å². The van der Waals surface area contributed by atoms with Crippen molar-refractivity contribution in [3.05, 3.63) is 71.8 Å². The van der Waals surface area contributed by atoms with Crippen LogP contribution < -0.4 is 0 Å². The third-order valence-corrected chi connectivity index (χ3v) is 3.56. The molecule has 2 aromatic rings. The van der Waals surface area contributed by atoms with Crippen molar-refractivity contribution in [1.29, 1.82) is 0 Å². The molecular formula is C22H30O10. The van der Waals surface area contributed by atoms with Gasteiger partial charge >= 0.3 is 11.9 Å². The molecule has 0 heterocycles. The number of hydrogen-bond acceptors (Lipinski definition) is 10. The van der Waals surface area contributed by atoms with Crippen LogP contribution in [0, 0.1) is 0 Å². The summed E-state index contributed by atoms with van der Waals surface area (Å²) in [4.78, 5) is 40.9. The first-order valence-corrected chi connectivity index (χ1v) is 9.82. The van der Waals surface area contributed by atoms with Gasteiger partial charge in [-0.15, -0.1) is 0 Å². The minimum atomic E-state index is -2.46. The van der Waals surface area contributed by atoms with Gasteiger partial charge in [0.15, 0.2) is 0 Å². The molecule has 0 amide bonds. The largest absolute Gasteiger partial charge is 0.392 e. The summed E-state index contributed by atoms with van der Waals surface area (Å²) in [6.07, 6.45) is 0. The Morgan fingerprint density at radius 1 is 0.469 bits per heavy atom. The highest BCUT2D eigenvalue weighted by Gasteiger charge is 2.49. The summed E-state index contributed by atoms with van der Waals surface area (Å²) in [5, 5.41) is 19.5. The Morgan fingerprint density at radius 3 is 1.00 bits per heavy atom. The van der Waals surface area contributed by atoms with Crippen molar-refractivity contribution < 1.29 is 49.6 Å². The molecule has 0 aliphatic carbocycles. The zero-order valence-electron chi connectivity index (χ0n) is 18.9. The molecule has 10 nitrogen and oxygen atoms in total. The molecule has 0 spiro atoms. The molecule has 2 unspecified atom stereocenters. The molecule has 2 aromatic carbocycles. The Bertz CT molecular complexity index is 733. The monoisotopic (exact) mass is 454 g/mol. The predicted octanol–water partition coefficient (Wildman–Crippen LogP) is 5.03. The molecule has 0 saturated heterocycles. The van der Waals surface area contributed by atoms with Crippen molar-refractivity contribution in [2.24, 2.45) is 0 Å². The first-order chi connectivity index (χ1) is 15.0. The van der Waals surface area contributed by atoms with Crippen LogP contribution in [-0.2, 0) is 51.0 Å². The minimum Gasteiger partial charge on any atom is -0.246 e. The van der Waals surface area contributed by atoms with Crippen molar-refractivity contribution in [3.63, 3.8) is 0 Å². The second-order valence-corrected chi connectivity index (χ2v) is 8.75. The quantitative estimate of drug-likeness (QED) is 0.272. The molecule has 0 bridgehead atoms. The fourth-order valence-corrected chi connectivity index (χ4v) is 2.14. The molecule has 2 atom stereocenters. The van der Waals surface area contributed by atoms with Gasteiger partial charge in [0.25, 0.3) is 0 Å². The lowest BCUT2D eigenvalue weighted by Crippen LogP contribution is -2.44. The maximum Gasteiger partial charge on any atom is 0.392 e. The Kier molecular flexibility index (Phi) is 8.85. The SMILES string of the molecule is CC(C)(C)OOC(OO)(OOC(OO)(OOC(C)(C)C)c1ccccc1)c1ccccc1. The average molecular weight is 454 g/mol. The fraction of sp³-hybridized carbons (Fsp3) is 0.455. The molecule has 10 heteroatoms. The second-order valence-electron chi connectivity index (χ2n) is 8.75. The van der Waals surface area contributed by atoms with E-state index < -0.39 is 23.1 Å². The van der Waals surface area contributed by atoms with Gasteiger partial charge in [0.2, 0.25) is 0 Å². The minimum absolute atomic E-state index is 0.142. The van der Waals surface area contributed by atoms with E-state index in [2.05, 4.69) is 9.78 Å². The molecule has 2 N–H and O–H groups in total. The number of hydrogen-bond donors (Lipinski definition) is 2. The summed E-state index contributed by atoms with van der Waals surface area (Å²) in [6.45, 7) is 10.2. The van der Waals surface area contributed by atoms with Crippen LogP contribution in [0.1, 0.15) is 52.7 Å². The molecule has 0 aliphatic rings. The Balaban J connectivity index is 2.42. The summed E-state index contributed by atoms with van der Waals surface area (Å²) < 4.78 is 0. The van der Waals surface area contributed by atoms with E-state index in [0.717, 1.165) is 0 Å². The molecule has 0 radical (unpaired) electrons. The van der Waals surface area contributed by atoms with Crippen LogP contribution >= 0.6 is 0 Å². The fourth-order valence-electron chi connectivity index (χ4n) is 2.14. The van der Waals surface area contributed by atoms with Gasteiger partial charge < -0.3 is 0 Å². The first kappa shape index (κ1) is 26.3. The molecule has 0 aliphatic heterocycles. The average Bonchev–Trinajstić information content (AvgIpc) is 2.76. The zero-order chi connectivity index (χ0) is 23.9. The zero-order valence-corrected chi connectivity index (χ0v) is 18.9. The van der Waals surface area contributed by atoms with Crippen LogP contribution in [0.3, 0.4) is 0 Å². The van der Waals surface area contributed by atoms with Crippen LogP contribution in [0.5, 0.6) is 0 Å². The molecule has 0 fully saturated rings. The van der Waals surface area contributed by atoms with Gasteiger partial charge in [0, 0.05) is 11.1 Å². The maximum absolute atomic E-state index is 9.74. The normalized spacial score (nSPS) is 16.4. The van der Waals surface area contributed by atoms with Gasteiger partial charge in [-0.2, -0.15) is 29.3 Å². The van der Waals surface area contributed by atoms with E-state index in [0.29, 0.717) is 0 Å². The number of benzene rings is 2. The highest BCUT2D eigenvalue weighted by molar-refractivity contribution is 5.19. The van der Waals surface area contributed by atoms with Gasteiger partial charge in [0.05, 0.1) is 11.2 Å². The van der Waals surface area contributed by atoms with Gasteiger partial charge in [0.1, 0.15) is 0 Å². The van der Waals surface area contributed by atoms with Gasteiger partial charge in [-0.3, -0.25) is 0 Å². The van der Waals surface area contributed by atoms with Crippen LogP contribution in [-0.4, -0.2) is 21.7 Å².